The summed E-state index contributed by atoms with van der Waals surface area (Å²) in [7, 11) is 0. The van der Waals surface area contributed by atoms with Crippen molar-refractivity contribution in [2.75, 3.05) is 0 Å². The van der Waals surface area contributed by atoms with E-state index in [0.29, 0.717) is 5.02 Å². The molecule has 0 aliphatic carbocycles. The number of hydrogen-bond donors (Lipinski definition) is 1. The van der Waals surface area contributed by atoms with Gasteiger partial charge in [-0.25, -0.2) is 0 Å². The van der Waals surface area contributed by atoms with Gasteiger partial charge >= 0.3 is 6.18 Å². The van der Waals surface area contributed by atoms with Crippen molar-refractivity contribution in [1.82, 2.24) is 5.32 Å². The van der Waals surface area contributed by atoms with Gasteiger partial charge in [-0.15, -0.1) is 0 Å². The third-order valence-corrected chi connectivity index (χ3v) is 3.45. The van der Waals surface area contributed by atoms with Crippen molar-refractivity contribution in [3.05, 3.63) is 70.2 Å². The Morgan fingerprint density at radius 3 is 2.27 bits per heavy atom. The number of alkyl halides is 3. The van der Waals surface area contributed by atoms with Gasteiger partial charge in [-0.1, -0.05) is 35.9 Å². The highest BCUT2D eigenvalue weighted by Crippen LogP contribution is 2.32. The summed E-state index contributed by atoms with van der Waals surface area (Å²) in [6, 6.07) is 11.0. The van der Waals surface area contributed by atoms with Crippen molar-refractivity contribution >= 4 is 17.5 Å². The molecule has 2 nitrogen and oxygen atoms in total. The molecule has 0 heterocycles. The van der Waals surface area contributed by atoms with Crippen LogP contribution in [0.4, 0.5) is 13.2 Å². The van der Waals surface area contributed by atoms with Crippen LogP contribution in [0.1, 0.15) is 34.5 Å². The van der Waals surface area contributed by atoms with E-state index in [-0.39, 0.29) is 0 Å². The zero-order chi connectivity index (χ0) is 16.3. The van der Waals surface area contributed by atoms with Crippen molar-refractivity contribution in [3.63, 3.8) is 0 Å². The molecule has 2 rings (SSSR count). The molecule has 0 saturated carbocycles. The van der Waals surface area contributed by atoms with Gasteiger partial charge in [0.1, 0.15) is 0 Å². The first kappa shape index (κ1) is 16.4. The molecule has 0 aliphatic rings. The highest BCUT2D eigenvalue weighted by atomic mass is 35.5. The van der Waals surface area contributed by atoms with E-state index >= 15 is 0 Å². The van der Waals surface area contributed by atoms with Gasteiger partial charge in [0.15, 0.2) is 0 Å². The number of rotatable bonds is 3. The van der Waals surface area contributed by atoms with Crippen LogP contribution in [0.2, 0.25) is 5.02 Å². The van der Waals surface area contributed by atoms with Crippen LogP contribution in [-0.2, 0) is 6.18 Å². The van der Waals surface area contributed by atoms with Gasteiger partial charge in [0.2, 0.25) is 0 Å². The fraction of sp³-hybridized carbons (Fsp3) is 0.188. The maximum atomic E-state index is 12.9. The van der Waals surface area contributed by atoms with Crippen LogP contribution in [0.3, 0.4) is 0 Å². The predicted octanol–water partition coefficient (Wildman–Crippen LogP) is 4.85. The van der Waals surface area contributed by atoms with Crippen LogP contribution in [0, 0.1) is 0 Å². The number of carbonyl (C=O) groups excluding carboxylic acids is 1. The van der Waals surface area contributed by atoms with E-state index in [1.54, 1.807) is 31.2 Å². The van der Waals surface area contributed by atoms with E-state index < -0.39 is 29.3 Å². The lowest BCUT2D eigenvalue weighted by atomic mass is 10.0. The fourth-order valence-electron chi connectivity index (χ4n) is 2.04. The Labute approximate surface area is 130 Å². The van der Waals surface area contributed by atoms with Crippen molar-refractivity contribution in [2.24, 2.45) is 0 Å². The molecule has 0 radical (unpaired) electrons. The molecule has 22 heavy (non-hydrogen) atoms. The molecule has 6 heteroatoms. The average Bonchev–Trinajstić information content (AvgIpc) is 2.47. The Kier molecular flexibility index (Phi) is 4.76. The first-order valence-corrected chi connectivity index (χ1v) is 6.89. The van der Waals surface area contributed by atoms with Crippen LogP contribution in [-0.4, -0.2) is 5.91 Å². The van der Waals surface area contributed by atoms with Gasteiger partial charge in [-0.3, -0.25) is 4.79 Å². The molecular formula is C16H13ClF3NO. The summed E-state index contributed by atoms with van der Waals surface area (Å²) in [6.07, 6.45) is -4.57. The normalized spacial score (nSPS) is 12.8. The maximum absolute atomic E-state index is 12.9. The molecule has 0 spiro atoms. The molecule has 0 saturated heterocycles. The summed E-state index contributed by atoms with van der Waals surface area (Å²) < 4.78 is 38.8. The third-order valence-electron chi connectivity index (χ3n) is 3.19. The zero-order valence-corrected chi connectivity index (χ0v) is 12.4. The highest BCUT2D eigenvalue weighted by Gasteiger charge is 2.35. The summed E-state index contributed by atoms with van der Waals surface area (Å²) >= 11 is 5.78. The summed E-state index contributed by atoms with van der Waals surface area (Å²) in [4.78, 5) is 12.1. The number of benzene rings is 2. The first-order chi connectivity index (χ1) is 10.3. The molecule has 1 N–H and O–H groups in total. The van der Waals surface area contributed by atoms with Crippen LogP contribution in [0.25, 0.3) is 0 Å². The molecule has 1 amide bonds. The first-order valence-electron chi connectivity index (χ1n) is 6.51. The second-order valence-corrected chi connectivity index (χ2v) is 5.23. The summed E-state index contributed by atoms with van der Waals surface area (Å²) in [5, 5.41) is 3.11. The minimum atomic E-state index is -4.57. The Bertz CT molecular complexity index is 668. The van der Waals surface area contributed by atoms with Crippen molar-refractivity contribution in [1.29, 1.82) is 0 Å². The molecule has 0 unspecified atom stereocenters. The largest absolute Gasteiger partial charge is 0.417 e. The van der Waals surface area contributed by atoms with Gasteiger partial charge in [-0.2, -0.15) is 13.2 Å². The smallest absolute Gasteiger partial charge is 0.346 e. The molecule has 2 aromatic rings. The van der Waals surface area contributed by atoms with Crippen molar-refractivity contribution in [2.45, 2.75) is 19.1 Å². The van der Waals surface area contributed by atoms with Crippen LogP contribution in [0.15, 0.2) is 48.5 Å². The zero-order valence-electron chi connectivity index (χ0n) is 11.6. The summed E-state index contributed by atoms with van der Waals surface area (Å²) in [6.45, 7) is 1.69. The minimum absolute atomic E-state index is 0.393. The Hall–Kier alpha value is -2.01. The van der Waals surface area contributed by atoms with Gasteiger partial charge in [0.05, 0.1) is 17.2 Å². The molecule has 0 aromatic heterocycles. The average molecular weight is 328 g/mol. The lowest BCUT2D eigenvalue weighted by Gasteiger charge is -2.17. The van der Waals surface area contributed by atoms with Gasteiger partial charge in [0, 0.05) is 5.02 Å². The lowest BCUT2D eigenvalue weighted by Crippen LogP contribution is -2.28. The maximum Gasteiger partial charge on any atom is 0.417 e. The number of nitrogens with one attached hydrogen (secondary N) is 1. The number of hydrogen-bond acceptors (Lipinski definition) is 1. The molecule has 1 atom stereocenters. The Morgan fingerprint density at radius 2 is 1.68 bits per heavy atom. The Balaban J connectivity index is 2.21. The van der Waals surface area contributed by atoms with Gasteiger partial charge in [0.25, 0.3) is 5.91 Å². The molecule has 2 aromatic carbocycles. The number of amides is 1. The summed E-state index contributed by atoms with van der Waals surface area (Å²) in [5.41, 5.74) is -0.589. The van der Waals surface area contributed by atoms with Crippen LogP contribution in [0.5, 0.6) is 0 Å². The van der Waals surface area contributed by atoms with E-state index in [2.05, 4.69) is 5.32 Å². The van der Waals surface area contributed by atoms with Crippen molar-refractivity contribution < 1.29 is 18.0 Å². The molecule has 0 aliphatic heterocycles. The van der Waals surface area contributed by atoms with Crippen LogP contribution >= 0.6 is 11.6 Å². The van der Waals surface area contributed by atoms with E-state index in [4.69, 9.17) is 11.6 Å². The summed E-state index contributed by atoms with van der Waals surface area (Å²) in [5.74, 6) is -0.768. The quantitative estimate of drug-likeness (QED) is 0.858. The van der Waals surface area contributed by atoms with Gasteiger partial charge in [-0.05, 0) is 36.8 Å². The molecule has 0 bridgehead atoms. The standard InChI is InChI=1S/C16H13ClF3NO/c1-10(11-6-8-12(17)9-7-11)21-15(22)13-4-2-3-5-14(13)16(18,19)20/h2-10H,1H3,(H,21,22)/t10-/m1/s1. The number of halogens is 4. The second-order valence-electron chi connectivity index (χ2n) is 4.79. The minimum Gasteiger partial charge on any atom is -0.346 e. The van der Waals surface area contributed by atoms with Gasteiger partial charge < -0.3 is 5.32 Å². The third kappa shape index (κ3) is 3.80. The van der Waals surface area contributed by atoms with Crippen molar-refractivity contribution in [3.8, 4) is 0 Å². The van der Waals surface area contributed by atoms with E-state index in [1.165, 1.54) is 12.1 Å². The Morgan fingerprint density at radius 1 is 1.09 bits per heavy atom. The monoisotopic (exact) mass is 327 g/mol. The lowest BCUT2D eigenvalue weighted by molar-refractivity contribution is -0.137. The van der Waals surface area contributed by atoms with E-state index in [0.717, 1.165) is 17.7 Å². The van der Waals surface area contributed by atoms with E-state index in [1.807, 2.05) is 0 Å². The molecular weight excluding hydrogens is 315 g/mol. The predicted molar refractivity (Wildman–Crippen MR) is 78.8 cm³/mol. The SMILES string of the molecule is C[C@@H](NC(=O)c1ccccc1C(F)(F)F)c1ccc(Cl)cc1. The molecule has 116 valence electrons. The van der Waals surface area contributed by atoms with E-state index in [9.17, 15) is 18.0 Å². The highest BCUT2D eigenvalue weighted by molar-refractivity contribution is 6.30. The second kappa shape index (κ2) is 6.40. The number of carbonyl (C=O) groups is 1. The topological polar surface area (TPSA) is 29.1 Å². The molecule has 0 fully saturated rings. The van der Waals surface area contributed by atoms with Crippen LogP contribution < -0.4 is 5.32 Å². The fourth-order valence-corrected chi connectivity index (χ4v) is 2.16.